The maximum absolute atomic E-state index is 13.2. The molecule has 0 radical (unpaired) electrons. The summed E-state index contributed by atoms with van der Waals surface area (Å²) in [6, 6.07) is 11.4. The van der Waals surface area contributed by atoms with Crippen molar-refractivity contribution in [3.05, 3.63) is 69.3 Å². The summed E-state index contributed by atoms with van der Waals surface area (Å²) in [6.07, 6.45) is 0. The van der Waals surface area contributed by atoms with Crippen molar-refractivity contribution in [2.24, 2.45) is 0 Å². The minimum absolute atomic E-state index is 0.0220. The Balaban J connectivity index is 1.66. The number of aromatic nitrogens is 2. The molecule has 8 heteroatoms. The highest BCUT2D eigenvalue weighted by molar-refractivity contribution is 6.13. The molecule has 3 aromatic rings. The number of fused-ring (bicyclic) bond motifs is 4. The van der Waals surface area contributed by atoms with E-state index in [1.807, 2.05) is 6.07 Å². The van der Waals surface area contributed by atoms with Crippen LogP contribution in [0.15, 0.2) is 41.2 Å². The van der Waals surface area contributed by atoms with E-state index in [4.69, 9.17) is 5.26 Å². The van der Waals surface area contributed by atoms with Crippen LogP contribution in [0.2, 0.25) is 0 Å². The van der Waals surface area contributed by atoms with E-state index >= 15 is 0 Å². The van der Waals surface area contributed by atoms with Crippen molar-refractivity contribution in [1.29, 1.82) is 5.26 Å². The van der Waals surface area contributed by atoms with Crippen LogP contribution < -0.4 is 10.9 Å². The predicted octanol–water partition coefficient (Wildman–Crippen LogP) is 0.847. The molecule has 0 unspecified atom stereocenters. The number of amides is 1. The fraction of sp³-hybridized carbons (Fsp3) is 0.190. The van der Waals surface area contributed by atoms with Crippen molar-refractivity contribution in [2.45, 2.75) is 0 Å². The summed E-state index contributed by atoms with van der Waals surface area (Å²) < 4.78 is 1.26. The van der Waals surface area contributed by atoms with E-state index in [1.165, 1.54) is 10.6 Å². The third-order valence-corrected chi connectivity index (χ3v) is 5.33. The smallest absolute Gasteiger partial charge is 0.266 e. The normalized spacial score (nSPS) is 15.1. The molecule has 0 saturated carbocycles. The van der Waals surface area contributed by atoms with Crippen LogP contribution in [0.4, 0.5) is 0 Å². The fourth-order valence-corrected chi connectivity index (χ4v) is 3.85. The Bertz CT molecular complexity index is 1310. The summed E-state index contributed by atoms with van der Waals surface area (Å²) in [6.45, 7) is 2.70. The molecule has 3 heterocycles. The van der Waals surface area contributed by atoms with Gasteiger partial charge in [0.2, 0.25) is 5.78 Å². The molecular formula is C21H15N5O3. The van der Waals surface area contributed by atoms with Crippen LogP contribution >= 0.6 is 0 Å². The largest absolute Gasteiger partial charge is 0.336 e. The quantitative estimate of drug-likeness (QED) is 0.520. The number of rotatable bonds is 1. The van der Waals surface area contributed by atoms with Crippen LogP contribution in [0.5, 0.6) is 0 Å². The van der Waals surface area contributed by atoms with Crippen LogP contribution in [0, 0.1) is 11.3 Å². The first-order valence-corrected chi connectivity index (χ1v) is 9.24. The Morgan fingerprint density at radius 1 is 1.10 bits per heavy atom. The zero-order valence-electron chi connectivity index (χ0n) is 15.3. The molecule has 2 aromatic carbocycles. The second-order valence-electron chi connectivity index (χ2n) is 7.02. The Kier molecular flexibility index (Phi) is 3.79. The van der Waals surface area contributed by atoms with E-state index in [-0.39, 0.29) is 22.7 Å². The van der Waals surface area contributed by atoms with Crippen LogP contribution in [-0.4, -0.2) is 52.3 Å². The summed E-state index contributed by atoms with van der Waals surface area (Å²) in [7, 11) is 0. The van der Waals surface area contributed by atoms with Gasteiger partial charge in [-0.2, -0.15) is 5.26 Å². The summed E-state index contributed by atoms with van der Waals surface area (Å²) in [4.78, 5) is 44.9. The molecule has 29 heavy (non-hydrogen) atoms. The van der Waals surface area contributed by atoms with Gasteiger partial charge in [0, 0.05) is 31.7 Å². The van der Waals surface area contributed by atoms with Gasteiger partial charge in [-0.05, 0) is 36.4 Å². The van der Waals surface area contributed by atoms with Gasteiger partial charge in [-0.25, -0.2) is 4.98 Å². The van der Waals surface area contributed by atoms with Crippen molar-refractivity contribution < 1.29 is 9.59 Å². The van der Waals surface area contributed by atoms with E-state index in [0.29, 0.717) is 35.4 Å². The molecule has 5 rings (SSSR count). The first kappa shape index (κ1) is 17.3. The monoisotopic (exact) mass is 385 g/mol. The number of hydrogen-bond donors (Lipinski definition) is 1. The second-order valence-corrected chi connectivity index (χ2v) is 7.02. The Labute approximate surface area is 165 Å². The average molecular weight is 385 g/mol. The highest BCUT2D eigenvalue weighted by atomic mass is 16.2. The van der Waals surface area contributed by atoms with Crippen molar-refractivity contribution in [3.63, 3.8) is 0 Å². The number of nitrogens with one attached hydrogen (secondary N) is 1. The van der Waals surface area contributed by atoms with Gasteiger partial charge in [0.1, 0.15) is 0 Å². The summed E-state index contributed by atoms with van der Waals surface area (Å²) in [5.41, 5.74) is 1.40. The second kappa shape index (κ2) is 6.36. The van der Waals surface area contributed by atoms with Gasteiger partial charge in [-0.15, -0.1) is 0 Å². The molecule has 142 valence electrons. The number of piperazine rings is 1. The lowest BCUT2D eigenvalue weighted by atomic mass is 10.1. The molecule has 1 N–H and O–H groups in total. The molecule has 0 atom stereocenters. The molecule has 2 aliphatic heterocycles. The van der Waals surface area contributed by atoms with Crippen LogP contribution in [0.1, 0.15) is 32.1 Å². The van der Waals surface area contributed by atoms with E-state index in [9.17, 15) is 14.4 Å². The first-order chi connectivity index (χ1) is 14.1. The lowest BCUT2D eigenvalue weighted by Gasteiger charge is -2.27. The molecule has 0 aliphatic carbocycles. The van der Waals surface area contributed by atoms with E-state index in [2.05, 4.69) is 10.3 Å². The molecule has 1 amide bonds. The van der Waals surface area contributed by atoms with Gasteiger partial charge in [0.05, 0.1) is 33.8 Å². The van der Waals surface area contributed by atoms with Crippen molar-refractivity contribution in [3.8, 4) is 11.8 Å². The lowest BCUT2D eigenvalue weighted by molar-refractivity contribution is 0.0736. The number of benzene rings is 2. The highest BCUT2D eigenvalue weighted by Gasteiger charge is 2.31. The Morgan fingerprint density at radius 3 is 2.66 bits per heavy atom. The van der Waals surface area contributed by atoms with Gasteiger partial charge >= 0.3 is 0 Å². The molecule has 8 nitrogen and oxygen atoms in total. The number of nitriles is 1. The topological polar surface area (TPSA) is 108 Å². The van der Waals surface area contributed by atoms with Crippen molar-refractivity contribution >= 4 is 22.6 Å². The minimum atomic E-state index is -0.406. The molecule has 0 spiro atoms. The molecule has 1 saturated heterocycles. The van der Waals surface area contributed by atoms with Crippen molar-refractivity contribution in [1.82, 2.24) is 19.8 Å². The number of carbonyl (C=O) groups is 2. The van der Waals surface area contributed by atoms with E-state index in [1.54, 1.807) is 35.2 Å². The van der Waals surface area contributed by atoms with Gasteiger partial charge in [-0.3, -0.25) is 19.0 Å². The van der Waals surface area contributed by atoms with Crippen LogP contribution in [0.3, 0.4) is 0 Å². The fourth-order valence-electron chi connectivity index (χ4n) is 3.85. The Hall–Kier alpha value is -3.83. The maximum atomic E-state index is 13.2. The average Bonchev–Trinajstić information content (AvgIpc) is 3.05. The van der Waals surface area contributed by atoms with E-state index in [0.717, 1.165) is 13.1 Å². The van der Waals surface area contributed by atoms with Gasteiger partial charge < -0.3 is 10.2 Å². The van der Waals surface area contributed by atoms with Gasteiger partial charge in [0.25, 0.3) is 11.5 Å². The number of carbonyl (C=O) groups excluding carboxylic acids is 2. The molecule has 1 aromatic heterocycles. The first-order valence-electron chi connectivity index (χ1n) is 9.24. The van der Waals surface area contributed by atoms with Crippen molar-refractivity contribution in [2.75, 3.05) is 26.2 Å². The predicted molar refractivity (Wildman–Crippen MR) is 104 cm³/mol. The van der Waals surface area contributed by atoms with Gasteiger partial charge in [-0.1, -0.05) is 0 Å². The lowest BCUT2D eigenvalue weighted by Crippen LogP contribution is -2.46. The summed E-state index contributed by atoms with van der Waals surface area (Å²) in [5.74, 6) is -0.501. The number of nitrogens with zero attached hydrogens (tertiary/aromatic N) is 4. The zero-order valence-corrected chi connectivity index (χ0v) is 15.3. The SMILES string of the molecule is N#Cc1ccc2c(c1)C(=O)c1nc3ccc(C(=O)N4CCNCC4)cc3c(=O)n1-2. The Morgan fingerprint density at radius 2 is 1.90 bits per heavy atom. The van der Waals surface area contributed by atoms with E-state index < -0.39 is 11.3 Å². The molecular weight excluding hydrogens is 370 g/mol. The summed E-state index contributed by atoms with van der Waals surface area (Å²) >= 11 is 0. The van der Waals surface area contributed by atoms with Gasteiger partial charge in [0.15, 0.2) is 5.82 Å². The molecule has 1 fully saturated rings. The zero-order chi connectivity index (χ0) is 20.1. The standard InChI is InChI=1S/C21H15N5O3/c22-11-12-1-4-17-15(9-12)18(27)19-24-16-3-2-13(10-14(16)21(29)26(17)19)20(28)25-7-5-23-6-8-25/h1-4,9-10,23H,5-8H2. The third kappa shape index (κ3) is 2.56. The highest BCUT2D eigenvalue weighted by Crippen LogP contribution is 2.27. The van der Waals surface area contributed by atoms with Crippen LogP contribution in [0.25, 0.3) is 16.6 Å². The number of ketones is 1. The number of hydrogen-bond acceptors (Lipinski definition) is 6. The molecule has 2 aliphatic rings. The maximum Gasteiger partial charge on any atom is 0.266 e. The third-order valence-electron chi connectivity index (χ3n) is 5.33. The summed E-state index contributed by atoms with van der Waals surface area (Å²) in [5, 5.41) is 12.6. The molecule has 0 bridgehead atoms. The van der Waals surface area contributed by atoms with Crippen LogP contribution in [-0.2, 0) is 0 Å². The minimum Gasteiger partial charge on any atom is -0.336 e.